The fourth-order valence-electron chi connectivity index (χ4n) is 1.44. The Bertz CT molecular complexity index is 561. The monoisotopic (exact) mass is 523 g/mol. The number of rotatable bonds is 5. The van der Waals surface area contributed by atoms with E-state index in [1.165, 1.54) is 0 Å². The third kappa shape index (κ3) is 4.66. The van der Waals surface area contributed by atoms with Crippen LogP contribution >= 0.6 is 54.5 Å². The molecule has 1 aromatic carbocycles. The highest BCUT2D eigenvalue weighted by molar-refractivity contribution is 14.1. The second-order valence-corrected chi connectivity index (χ2v) is 8.93. The summed E-state index contributed by atoms with van der Waals surface area (Å²) in [4.78, 5) is 0.264. The van der Waals surface area contributed by atoms with Crippen molar-refractivity contribution in [2.45, 2.75) is 31.7 Å². The number of sulfonamides is 1. The van der Waals surface area contributed by atoms with Crippen LogP contribution in [0.25, 0.3) is 0 Å². The van der Waals surface area contributed by atoms with Crippen LogP contribution in [0.2, 0.25) is 0 Å². The topological polar surface area (TPSA) is 46.2 Å². The van der Waals surface area contributed by atoms with Gasteiger partial charge in [0.05, 0.1) is 4.90 Å². The smallest absolute Gasteiger partial charge is 0.207 e. The zero-order chi connectivity index (χ0) is 14.8. The van der Waals surface area contributed by atoms with E-state index in [1.807, 2.05) is 20.8 Å². The average Bonchev–Trinajstić information content (AvgIpc) is 2.30. The maximum atomic E-state index is 12.4. The minimum Gasteiger partial charge on any atom is -0.207 e. The van der Waals surface area contributed by atoms with Gasteiger partial charge >= 0.3 is 0 Å². The molecule has 7 heteroatoms. The lowest BCUT2D eigenvalue weighted by Crippen LogP contribution is -2.39. The summed E-state index contributed by atoms with van der Waals surface area (Å²) in [5.41, 5.74) is 0.986. The summed E-state index contributed by atoms with van der Waals surface area (Å²) in [6.07, 6.45) is 0. The van der Waals surface area contributed by atoms with Crippen molar-refractivity contribution >= 4 is 64.5 Å². The van der Waals surface area contributed by atoms with E-state index in [-0.39, 0.29) is 16.9 Å². The number of hydrogen-bond donors (Lipinski definition) is 1. The maximum absolute atomic E-state index is 12.4. The lowest BCUT2D eigenvalue weighted by Gasteiger charge is -2.20. The fraction of sp³-hybridized carbons (Fsp3) is 0.500. The largest absolute Gasteiger partial charge is 0.242 e. The van der Waals surface area contributed by atoms with Crippen molar-refractivity contribution in [1.82, 2.24) is 4.72 Å². The van der Waals surface area contributed by atoms with E-state index >= 15 is 0 Å². The Labute approximate surface area is 145 Å². The van der Waals surface area contributed by atoms with Crippen molar-refractivity contribution < 1.29 is 8.42 Å². The van der Waals surface area contributed by atoms with Crippen molar-refractivity contribution in [3.05, 3.63) is 26.6 Å². The van der Waals surface area contributed by atoms with Crippen LogP contribution in [0, 0.1) is 12.8 Å². The van der Waals surface area contributed by atoms with Crippen LogP contribution in [0.1, 0.15) is 19.4 Å². The van der Waals surface area contributed by atoms with Gasteiger partial charge in [-0.1, -0.05) is 52.4 Å². The minimum atomic E-state index is -3.52. The van der Waals surface area contributed by atoms with Gasteiger partial charge in [0.1, 0.15) is 0 Å². The Morgan fingerprint density at radius 2 is 1.84 bits per heavy atom. The molecule has 0 amide bonds. The molecule has 0 aliphatic rings. The van der Waals surface area contributed by atoms with E-state index in [0.29, 0.717) is 4.47 Å². The summed E-state index contributed by atoms with van der Waals surface area (Å²) in [5, 5.41) is 0. The lowest BCUT2D eigenvalue weighted by molar-refractivity contribution is 0.486. The van der Waals surface area contributed by atoms with Crippen molar-refractivity contribution in [2.24, 2.45) is 5.92 Å². The first kappa shape index (κ1) is 17.9. The van der Waals surface area contributed by atoms with Gasteiger partial charge in [0.2, 0.25) is 10.0 Å². The van der Waals surface area contributed by atoms with Crippen LogP contribution in [0.3, 0.4) is 0 Å². The van der Waals surface area contributed by atoms with Crippen LogP contribution < -0.4 is 4.72 Å². The zero-order valence-corrected chi connectivity index (χ0v) is 17.0. The third-order valence-electron chi connectivity index (χ3n) is 2.78. The van der Waals surface area contributed by atoms with Gasteiger partial charge < -0.3 is 0 Å². The summed E-state index contributed by atoms with van der Waals surface area (Å²) in [6.45, 7) is 5.93. The van der Waals surface area contributed by atoms with Gasteiger partial charge in [-0.15, -0.1) is 0 Å². The predicted molar refractivity (Wildman–Crippen MR) is 94.4 cm³/mol. The molecular weight excluding hydrogens is 509 g/mol. The van der Waals surface area contributed by atoms with Gasteiger partial charge in [-0.3, -0.25) is 0 Å². The van der Waals surface area contributed by atoms with Gasteiger partial charge in [-0.05, 0) is 46.5 Å². The molecule has 19 heavy (non-hydrogen) atoms. The average molecular weight is 525 g/mol. The molecule has 0 spiro atoms. The Balaban J connectivity index is 3.17. The highest BCUT2D eigenvalue weighted by Gasteiger charge is 2.24. The molecule has 1 aromatic rings. The Morgan fingerprint density at radius 3 is 2.32 bits per heavy atom. The molecular formula is C12H16Br2INO2S. The molecule has 0 aromatic heterocycles. The molecule has 1 atom stereocenters. The van der Waals surface area contributed by atoms with Gasteiger partial charge in [-0.25, -0.2) is 13.1 Å². The van der Waals surface area contributed by atoms with E-state index in [0.717, 1.165) is 14.5 Å². The highest BCUT2D eigenvalue weighted by Crippen LogP contribution is 2.29. The fourth-order valence-corrected chi connectivity index (χ4v) is 6.04. The second kappa shape index (κ2) is 7.20. The summed E-state index contributed by atoms with van der Waals surface area (Å²) in [5.74, 6) is 0.249. The molecule has 0 fully saturated rings. The first-order chi connectivity index (χ1) is 8.69. The molecule has 1 N–H and O–H groups in total. The third-order valence-corrected chi connectivity index (χ3v) is 7.03. The normalized spacial score (nSPS) is 13.8. The van der Waals surface area contributed by atoms with Crippen LogP contribution in [0.4, 0.5) is 0 Å². The van der Waals surface area contributed by atoms with Gasteiger partial charge in [0, 0.05) is 19.4 Å². The summed E-state index contributed by atoms with van der Waals surface area (Å²) >= 11 is 8.89. The molecule has 3 nitrogen and oxygen atoms in total. The number of nitrogens with one attached hydrogen (secondary N) is 1. The summed E-state index contributed by atoms with van der Waals surface area (Å²) in [7, 11) is -3.52. The molecule has 108 valence electrons. The number of alkyl halides is 1. The van der Waals surface area contributed by atoms with E-state index in [9.17, 15) is 8.42 Å². The molecule has 0 saturated carbocycles. The highest BCUT2D eigenvalue weighted by atomic mass is 127. The van der Waals surface area contributed by atoms with Crippen molar-refractivity contribution in [3.8, 4) is 0 Å². The Morgan fingerprint density at radius 1 is 1.26 bits per heavy atom. The van der Waals surface area contributed by atoms with Crippen molar-refractivity contribution in [2.75, 3.05) is 4.43 Å². The molecule has 0 aliphatic heterocycles. The molecule has 0 aliphatic carbocycles. The van der Waals surface area contributed by atoms with E-state index in [1.54, 1.807) is 12.1 Å². The Kier molecular flexibility index (Phi) is 6.77. The van der Waals surface area contributed by atoms with Gasteiger partial charge in [0.25, 0.3) is 0 Å². The van der Waals surface area contributed by atoms with Crippen LogP contribution in [-0.2, 0) is 10.0 Å². The quantitative estimate of drug-likeness (QED) is 0.462. The van der Waals surface area contributed by atoms with Crippen molar-refractivity contribution in [1.29, 1.82) is 0 Å². The van der Waals surface area contributed by atoms with Crippen LogP contribution in [0.5, 0.6) is 0 Å². The number of benzene rings is 1. The molecule has 0 bridgehead atoms. The van der Waals surface area contributed by atoms with Crippen molar-refractivity contribution in [3.63, 3.8) is 0 Å². The summed E-state index contributed by atoms with van der Waals surface area (Å²) in [6, 6.07) is 3.36. The standard InChI is InChI=1S/C12H16Br2INO2S/c1-7(2)11(6-15)16-19(17,18)12-5-9(13)8(3)4-10(12)14/h4-5,7,11,16H,6H2,1-3H3. The Hall–Kier alpha value is 0.820. The molecule has 0 heterocycles. The minimum absolute atomic E-state index is 0.0717. The van der Waals surface area contributed by atoms with Gasteiger partial charge in [0.15, 0.2) is 0 Å². The summed E-state index contributed by atoms with van der Waals surface area (Å²) < 4.78 is 29.7. The van der Waals surface area contributed by atoms with E-state index < -0.39 is 10.0 Å². The first-order valence-corrected chi connectivity index (χ1v) is 10.3. The first-order valence-electron chi connectivity index (χ1n) is 5.73. The van der Waals surface area contributed by atoms with E-state index in [2.05, 4.69) is 59.2 Å². The van der Waals surface area contributed by atoms with Crippen LogP contribution in [-0.4, -0.2) is 18.9 Å². The van der Waals surface area contributed by atoms with E-state index in [4.69, 9.17) is 0 Å². The molecule has 0 radical (unpaired) electrons. The maximum Gasteiger partial charge on any atom is 0.242 e. The number of halogens is 3. The molecule has 1 unspecified atom stereocenters. The molecule has 0 saturated heterocycles. The number of aryl methyl sites for hydroxylation is 1. The van der Waals surface area contributed by atoms with Gasteiger partial charge in [-0.2, -0.15) is 0 Å². The zero-order valence-electron chi connectivity index (χ0n) is 10.9. The predicted octanol–water partition coefficient (Wildman–Crippen LogP) is 4.26. The second-order valence-electron chi connectivity index (χ2n) is 4.66. The lowest BCUT2D eigenvalue weighted by atomic mass is 10.1. The van der Waals surface area contributed by atoms with Crippen LogP contribution in [0.15, 0.2) is 26.0 Å². The molecule has 1 rings (SSSR count). The SMILES string of the molecule is Cc1cc(Br)c(S(=O)(=O)NC(CI)C(C)C)cc1Br. The number of hydrogen-bond acceptors (Lipinski definition) is 2.